The lowest BCUT2D eigenvalue weighted by Gasteiger charge is -2.28. The van der Waals surface area contributed by atoms with Gasteiger partial charge in [0.1, 0.15) is 11.5 Å². The summed E-state index contributed by atoms with van der Waals surface area (Å²) < 4.78 is 19.3. The Morgan fingerprint density at radius 2 is 1.93 bits per heavy atom. The summed E-state index contributed by atoms with van der Waals surface area (Å²) in [6, 6.07) is 13.3. The van der Waals surface area contributed by atoms with Crippen molar-refractivity contribution in [3.8, 4) is 11.3 Å². The molecule has 1 aromatic heterocycles. The normalized spacial score (nSPS) is 21.0. The summed E-state index contributed by atoms with van der Waals surface area (Å²) in [4.78, 5) is 15.0. The number of hydrogen-bond acceptors (Lipinski definition) is 3. The molecule has 3 heterocycles. The number of halogens is 2. The second-order valence-electron chi connectivity index (χ2n) is 7.41. The van der Waals surface area contributed by atoms with E-state index in [1.54, 1.807) is 24.3 Å². The van der Waals surface area contributed by atoms with Crippen LogP contribution in [0.5, 0.6) is 0 Å². The zero-order chi connectivity index (χ0) is 20.0. The molecule has 0 aliphatic carbocycles. The van der Waals surface area contributed by atoms with Crippen LogP contribution in [0.25, 0.3) is 11.3 Å². The van der Waals surface area contributed by atoms with Crippen molar-refractivity contribution in [2.24, 2.45) is 0 Å². The van der Waals surface area contributed by atoms with E-state index in [4.69, 9.17) is 16.3 Å². The highest BCUT2D eigenvalue weighted by atomic mass is 35.5. The molecule has 3 aromatic rings. The number of ether oxygens (including phenoxy) is 1. The molecule has 5 nitrogen and oxygen atoms in total. The first-order chi connectivity index (χ1) is 14.1. The minimum atomic E-state index is -0.355. The predicted octanol–water partition coefficient (Wildman–Crippen LogP) is 4.59. The van der Waals surface area contributed by atoms with E-state index in [0.29, 0.717) is 23.0 Å². The largest absolute Gasteiger partial charge is 0.376 e. The molecule has 0 radical (unpaired) electrons. The van der Waals surface area contributed by atoms with Crippen LogP contribution in [-0.2, 0) is 4.74 Å². The van der Waals surface area contributed by atoms with Gasteiger partial charge in [-0.2, -0.15) is 5.10 Å². The third-order valence-electron chi connectivity index (χ3n) is 5.59. The maximum absolute atomic E-state index is 13.6. The van der Waals surface area contributed by atoms with Gasteiger partial charge in [-0.25, -0.2) is 4.39 Å². The van der Waals surface area contributed by atoms with Gasteiger partial charge in [0.15, 0.2) is 0 Å². The van der Waals surface area contributed by atoms with Crippen molar-refractivity contribution in [1.82, 2.24) is 15.1 Å². The van der Waals surface area contributed by atoms with Gasteiger partial charge in [-0.05, 0) is 42.7 Å². The monoisotopic (exact) mass is 411 g/mol. The van der Waals surface area contributed by atoms with Gasteiger partial charge in [0.25, 0.3) is 5.91 Å². The van der Waals surface area contributed by atoms with E-state index >= 15 is 0 Å². The Hall–Kier alpha value is -2.70. The van der Waals surface area contributed by atoms with Gasteiger partial charge in [0.2, 0.25) is 0 Å². The van der Waals surface area contributed by atoms with E-state index in [-0.39, 0.29) is 23.9 Å². The van der Waals surface area contributed by atoms with Crippen molar-refractivity contribution in [1.29, 1.82) is 0 Å². The molecule has 0 bridgehead atoms. The molecule has 1 N–H and O–H groups in total. The Balaban J connectivity index is 1.61. The smallest absolute Gasteiger partial charge is 0.273 e. The number of carbonyl (C=O) groups excluding carboxylic acids is 1. The van der Waals surface area contributed by atoms with Crippen LogP contribution in [0.2, 0.25) is 5.02 Å². The number of H-pyrrole nitrogens is 1. The lowest BCUT2D eigenvalue weighted by molar-refractivity contribution is 0.0495. The van der Waals surface area contributed by atoms with Gasteiger partial charge in [-0.1, -0.05) is 35.9 Å². The molecule has 0 spiro atoms. The first-order valence-corrected chi connectivity index (χ1v) is 10.0. The second-order valence-corrected chi connectivity index (χ2v) is 7.85. The summed E-state index contributed by atoms with van der Waals surface area (Å²) >= 11 is 6.03. The van der Waals surface area contributed by atoms with Crippen LogP contribution < -0.4 is 0 Å². The summed E-state index contributed by atoms with van der Waals surface area (Å²) in [5.41, 5.74) is 3.69. The number of rotatable bonds is 4. The van der Waals surface area contributed by atoms with Gasteiger partial charge in [-0.15, -0.1) is 0 Å². The molecular weight excluding hydrogens is 393 g/mol. The fourth-order valence-electron chi connectivity index (χ4n) is 4.21. The Morgan fingerprint density at radius 1 is 1.17 bits per heavy atom. The molecule has 5 rings (SSSR count). The minimum Gasteiger partial charge on any atom is -0.376 e. The lowest BCUT2D eigenvalue weighted by atomic mass is 9.96. The topological polar surface area (TPSA) is 58.2 Å². The van der Waals surface area contributed by atoms with Crippen LogP contribution in [0.3, 0.4) is 0 Å². The van der Waals surface area contributed by atoms with Crippen LogP contribution in [0, 0.1) is 5.82 Å². The quantitative estimate of drug-likeness (QED) is 0.683. The Bertz CT molecular complexity index is 1040. The fourth-order valence-corrected chi connectivity index (χ4v) is 4.34. The van der Waals surface area contributed by atoms with E-state index in [0.717, 1.165) is 36.1 Å². The molecule has 0 saturated carbocycles. The van der Waals surface area contributed by atoms with Gasteiger partial charge in [-0.3, -0.25) is 9.89 Å². The van der Waals surface area contributed by atoms with E-state index in [9.17, 15) is 9.18 Å². The number of hydrogen-bond donors (Lipinski definition) is 1. The number of fused-ring (bicyclic) bond motifs is 1. The molecule has 7 heteroatoms. The van der Waals surface area contributed by atoms with E-state index < -0.39 is 0 Å². The van der Waals surface area contributed by atoms with Gasteiger partial charge < -0.3 is 9.64 Å². The zero-order valence-electron chi connectivity index (χ0n) is 15.6. The van der Waals surface area contributed by atoms with Gasteiger partial charge in [0.05, 0.1) is 17.8 Å². The highest BCUT2D eigenvalue weighted by Crippen LogP contribution is 2.43. The van der Waals surface area contributed by atoms with E-state index in [1.165, 1.54) is 12.1 Å². The average Bonchev–Trinajstić information content (AvgIpc) is 3.44. The van der Waals surface area contributed by atoms with Crippen LogP contribution in [0.15, 0.2) is 48.5 Å². The SMILES string of the molecule is O=C1c2[nH]nc(-c3ccc(Cl)cc3)c2C(c2ccc(F)cc2)N1CC1CCCO1. The van der Waals surface area contributed by atoms with E-state index in [2.05, 4.69) is 10.2 Å². The van der Waals surface area contributed by atoms with Crippen LogP contribution in [0.1, 0.15) is 40.5 Å². The molecule has 2 atom stereocenters. The first kappa shape index (κ1) is 18.3. The van der Waals surface area contributed by atoms with Crippen molar-refractivity contribution in [3.63, 3.8) is 0 Å². The molecule has 148 valence electrons. The summed E-state index contributed by atoms with van der Waals surface area (Å²) in [5.74, 6) is -0.424. The van der Waals surface area contributed by atoms with Crippen molar-refractivity contribution in [3.05, 3.63) is 76.2 Å². The van der Waals surface area contributed by atoms with E-state index in [1.807, 2.05) is 17.0 Å². The number of benzene rings is 2. The fraction of sp³-hybridized carbons (Fsp3) is 0.273. The van der Waals surface area contributed by atoms with Crippen LogP contribution in [-0.4, -0.2) is 40.3 Å². The third-order valence-corrected chi connectivity index (χ3v) is 5.84. The second kappa shape index (κ2) is 7.28. The van der Waals surface area contributed by atoms with Gasteiger partial charge >= 0.3 is 0 Å². The summed E-state index contributed by atoms with van der Waals surface area (Å²) in [6.45, 7) is 1.21. The number of aromatic nitrogens is 2. The zero-order valence-corrected chi connectivity index (χ0v) is 16.3. The number of carbonyl (C=O) groups is 1. The molecule has 2 aliphatic rings. The summed E-state index contributed by atoms with van der Waals surface area (Å²) in [7, 11) is 0. The predicted molar refractivity (Wildman–Crippen MR) is 107 cm³/mol. The first-order valence-electron chi connectivity index (χ1n) is 9.64. The summed E-state index contributed by atoms with van der Waals surface area (Å²) in [6.07, 6.45) is 1.94. The maximum Gasteiger partial charge on any atom is 0.273 e. The minimum absolute atomic E-state index is 0.0119. The number of nitrogens with zero attached hydrogens (tertiary/aromatic N) is 2. The molecule has 2 unspecified atom stereocenters. The molecular formula is C22H19ClFN3O2. The van der Waals surface area contributed by atoms with Crippen molar-refractivity contribution < 1.29 is 13.9 Å². The number of amides is 1. The van der Waals surface area contributed by atoms with Crippen LogP contribution in [0.4, 0.5) is 4.39 Å². The number of aromatic amines is 1. The van der Waals surface area contributed by atoms with Crippen molar-refractivity contribution >= 4 is 17.5 Å². The van der Waals surface area contributed by atoms with Crippen LogP contribution >= 0.6 is 11.6 Å². The maximum atomic E-state index is 13.6. The molecule has 1 fully saturated rings. The Kier molecular flexibility index (Phi) is 4.60. The highest BCUT2D eigenvalue weighted by molar-refractivity contribution is 6.30. The molecule has 2 aromatic carbocycles. The standard InChI is InChI=1S/C22H19ClFN3O2/c23-15-7-3-13(4-8-15)19-18-20(26-25-19)22(28)27(12-17-2-1-11-29-17)21(18)14-5-9-16(24)10-6-14/h3-10,17,21H,1-2,11-12H2,(H,25,26). The van der Waals surface area contributed by atoms with Gasteiger partial charge in [0, 0.05) is 29.3 Å². The molecule has 29 heavy (non-hydrogen) atoms. The lowest BCUT2D eigenvalue weighted by Crippen LogP contribution is -2.36. The van der Waals surface area contributed by atoms with Crippen molar-refractivity contribution in [2.45, 2.75) is 25.0 Å². The average molecular weight is 412 g/mol. The number of nitrogens with one attached hydrogen (secondary N) is 1. The third kappa shape index (κ3) is 3.22. The highest BCUT2D eigenvalue weighted by Gasteiger charge is 2.43. The summed E-state index contributed by atoms with van der Waals surface area (Å²) in [5, 5.41) is 7.98. The van der Waals surface area contributed by atoms with Crippen molar-refractivity contribution in [2.75, 3.05) is 13.2 Å². The molecule has 1 saturated heterocycles. The molecule has 1 amide bonds. The molecule has 2 aliphatic heterocycles. The Morgan fingerprint density at radius 3 is 2.62 bits per heavy atom. The Labute approximate surface area is 172 Å².